The lowest BCUT2D eigenvalue weighted by Crippen LogP contribution is -2.44. The first-order chi connectivity index (χ1) is 7.58. The van der Waals surface area contributed by atoms with Crippen LogP contribution in [0, 0.1) is 17.8 Å². The van der Waals surface area contributed by atoms with Gasteiger partial charge in [-0.3, -0.25) is 9.59 Å². The SMILES string of the molecule is CC1CCCC(C)C1C1OC(=O)CC(=O)O1. The van der Waals surface area contributed by atoms with Crippen LogP contribution in [0.3, 0.4) is 0 Å². The van der Waals surface area contributed by atoms with E-state index < -0.39 is 18.2 Å². The number of rotatable bonds is 1. The van der Waals surface area contributed by atoms with Crippen LogP contribution in [0.5, 0.6) is 0 Å². The van der Waals surface area contributed by atoms with Crippen molar-refractivity contribution in [2.24, 2.45) is 17.8 Å². The molecule has 0 amide bonds. The fourth-order valence-electron chi connectivity index (χ4n) is 2.89. The molecule has 2 aliphatic rings. The van der Waals surface area contributed by atoms with Gasteiger partial charge in [-0.25, -0.2) is 0 Å². The van der Waals surface area contributed by atoms with Gasteiger partial charge >= 0.3 is 11.9 Å². The van der Waals surface area contributed by atoms with Gasteiger partial charge in [-0.1, -0.05) is 33.1 Å². The zero-order valence-corrected chi connectivity index (χ0v) is 9.77. The molecule has 16 heavy (non-hydrogen) atoms. The molecule has 1 aliphatic carbocycles. The summed E-state index contributed by atoms with van der Waals surface area (Å²) in [6, 6.07) is 0. The smallest absolute Gasteiger partial charge is 0.320 e. The zero-order chi connectivity index (χ0) is 11.7. The maximum Gasteiger partial charge on any atom is 0.320 e. The van der Waals surface area contributed by atoms with E-state index in [9.17, 15) is 9.59 Å². The molecule has 2 atom stereocenters. The summed E-state index contributed by atoms with van der Waals surface area (Å²) in [7, 11) is 0. The Balaban J connectivity index is 2.09. The van der Waals surface area contributed by atoms with E-state index in [2.05, 4.69) is 13.8 Å². The summed E-state index contributed by atoms with van der Waals surface area (Å²) < 4.78 is 10.3. The van der Waals surface area contributed by atoms with Crippen molar-refractivity contribution in [3.63, 3.8) is 0 Å². The number of ether oxygens (including phenoxy) is 2. The van der Waals surface area contributed by atoms with Crippen LogP contribution < -0.4 is 0 Å². The minimum atomic E-state index is -0.654. The van der Waals surface area contributed by atoms with E-state index in [0.717, 1.165) is 12.8 Å². The van der Waals surface area contributed by atoms with Crippen LogP contribution in [-0.4, -0.2) is 18.2 Å². The first-order valence-corrected chi connectivity index (χ1v) is 5.97. The van der Waals surface area contributed by atoms with Gasteiger partial charge in [0.1, 0.15) is 6.42 Å². The van der Waals surface area contributed by atoms with E-state index in [0.29, 0.717) is 11.8 Å². The Morgan fingerprint density at radius 3 is 2.00 bits per heavy atom. The molecule has 4 heteroatoms. The molecule has 0 aromatic carbocycles. The van der Waals surface area contributed by atoms with Gasteiger partial charge < -0.3 is 9.47 Å². The van der Waals surface area contributed by atoms with E-state index in [1.807, 2.05) is 0 Å². The molecule has 1 saturated carbocycles. The standard InChI is InChI=1S/C12H18O4/c1-7-4-3-5-8(2)11(7)12-15-9(13)6-10(14)16-12/h7-8,11-12H,3-6H2,1-2H3. The van der Waals surface area contributed by atoms with Crippen molar-refractivity contribution in [3.8, 4) is 0 Å². The van der Waals surface area contributed by atoms with Gasteiger partial charge in [0.15, 0.2) is 0 Å². The van der Waals surface area contributed by atoms with Gasteiger partial charge in [0.25, 0.3) is 6.29 Å². The molecule has 0 aromatic rings. The topological polar surface area (TPSA) is 52.6 Å². The van der Waals surface area contributed by atoms with Crippen molar-refractivity contribution in [1.82, 2.24) is 0 Å². The van der Waals surface area contributed by atoms with Gasteiger partial charge in [0.2, 0.25) is 0 Å². The Morgan fingerprint density at radius 1 is 1.00 bits per heavy atom. The Labute approximate surface area is 95.3 Å². The van der Waals surface area contributed by atoms with Crippen LogP contribution in [0.2, 0.25) is 0 Å². The molecule has 2 fully saturated rings. The predicted octanol–water partition coefficient (Wildman–Crippen LogP) is 1.87. The molecule has 1 heterocycles. The number of carbonyl (C=O) groups excluding carboxylic acids is 2. The van der Waals surface area contributed by atoms with Crippen LogP contribution in [0.4, 0.5) is 0 Å². The lowest BCUT2D eigenvalue weighted by Gasteiger charge is -2.39. The summed E-state index contributed by atoms with van der Waals surface area (Å²) in [6.07, 6.45) is 2.53. The first-order valence-electron chi connectivity index (χ1n) is 5.97. The molecule has 0 N–H and O–H groups in total. The highest BCUT2D eigenvalue weighted by molar-refractivity contribution is 5.92. The molecular formula is C12H18O4. The summed E-state index contributed by atoms with van der Waals surface area (Å²) in [5.41, 5.74) is 0. The van der Waals surface area contributed by atoms with E-state index in [4.69, 9.17) is 9.47 Å². The minimum absolute atomic E-state index is 0.155. The van der Waals surface area contributed by atoms with Crippen molar-refractivity contribution in [2.45, 2.75) is 45.8 Å². The second-order valence-electron chi connectivity index (χ2n) is 4.99. The third-order valence-corrected chi connectivity index (χ3v) is 3.73. The van der Waals surface area contributed by atoms with Gasteiger partial charge in [-0.2, -0.15) is 0 Å². The largest absolute Gasteiger partial charge is 0.424 e. The average molecular weight is 226 g/mol. The second kappa shape index (κ2) is 4.44. The lowest BCUT2D eigenvalue weighted by molar-refractivity contribution is -0.222. The highest BCUT2D eigenvalue weighted by atomic mass is 16.7. The Kier molecular flexibility index (Phi) is 3.17. The van der Waals surface area contributed by atoms with E-state index >= 15 is 0 Å². The van der Waals surface area contributed by atoms with Crippen molar-refractivity contribution >= 4 is 11.9 Å². The van der Waals surface area contributed by atoms with Crippen molar-refractivity contribution in [1.29, 1.82) is 0 Å². The van der Waals surface area contributed by atoms with Crippen molar-refractivity contribution in [2.75, 3.05) is 0 Å². The maximum absolute atomic E-state index is 11.2. The number of hydrogen-bond donors (Lipinski definition) is 0. The molecule has 0 bridgehead atoms. The van der Waals surface area contributed by atoms with Gasteiger partial charge in [-0.05, 0) is 11.8 Å². The molecule has 1 aliphatic heterocycles. The van der Waals surface area contributed by atoms with Crippen LogP contribution >= 0.6 is 0 Å². The summed E-state index contributed by atoms with van der Waals surface area (Å²) in [6.45, 7) is 4.27. The predicted molar refractivity (Wildman–Crippen MR) is 56.3 cm³/mol. The number of cyclic esters (lactones) is 2. The molecule has 0 spiro atoms. The van der Waals surface area contributed by atoms with E-state index in [1.54, 1.807) is 0 Å². The molecule has 0 aromatic heterocycles. The number of esters is 2. The number of hydrogen-bond acceptors (Lipinski definition) is 4. The Bertz CT molecular complexity index is 273. The van der Waals surface area contributed by atoms with Crippen LogP contribution in [0.25, 0.3) is 0 Å². The van der Waals surface area contributed by atoms with Gasteiger partial charge in [0, 0.05) is 5.92 Å². The monoisotopic (exact) mass is 226 g/mol. The van der Waals surface area contributed by atoms with E-state index in [1.165, 1.54) is 6.42 Å². The molecule has 4 nitrogen and oxygen atoms in total. The van der Waals surface area contributed by atoms with Crippen molar-refractivity contribution < 1.29 is 19.1 Å². The molecule has 0 radical (unpaired) electrons. The average Bonchev–Trinajstić information content (AvgIpc) is 2.15. The normalized spacial score (nSPS) is 36.8. The summed E-state index contributed by atoms with van der Waals surface area (Å²) in [4.78, 5) is 22.4. The zero-order valence-electron chi connectivity index (χ0n) is 9.77. The summed E-state index contributed by atoms with van der Waals surface area (Å²) in [5, 5.41) is 0. The Morgan fingerprint density at radius 2 is 1.50 bits per heavy atom. The Hall–Kier alpha value is -1.06. The third-order valence-electron chi connectivity index (χ3n) is 3.73. The minimum Gasteiger partial charge on any atom is -0.424 e. The molecule has 1 saturated heterocycles. The summed E-state index contributed by atoms with van der Waals surface area (Å²) >= 11 is 0. The van der Waals surface area contributed by atoms with Crippen molar-refractivity contribution in [3.05, 3.63) is 0 Å². The van der Waals surface area contributed by atoms with Gasteiger partial charge in [-0.15, -0.1) is 0 Å². The van der Waals surface area contributed by atoms with E-state index in [-0.39, 0.29) is 12.3 Å². The number of carbonyl (C=O) groups is 2. The fourth-order valence-corrected chi connectivity index (χ4v) is 2.89. The lowest BCUT2D eigenvalue weighted by atomic mass is 9.73. The molecular weight excluding hydrogens is 208 g/mol. The first kappa shape index (κ1) is 11.4. The van der Waals surface area contributed by atoms with Gasteiger partial charge in [0.05, 0.1) is 0 Å². The maximum atomic E-state index is 11.2. The second-order valence-corrected chi connectivity index (χ2v) is 4.99. The highest BCUT2D eigenvalue weighted by Gasteiger charge is 2.41. The molecule has 2 unspecified atom stereocenters. The third kappa shape index (κ3) is 2.20. The molecule has 90 valence electrons. The fraction of sp³-hybridized carbons (Fsp3) is 0.833. The van der Waals surface area contributed by atoms with Crippen LogP contribution in [0.1, 0.15) is 39.5 Å². The summed E-state index contributed by atoms with van der Waals surface area (Å²) in [5.74, 6) is 0.124. The highest BCUT2D eigenvalue weighted by Crippen LogP contribution is 2.38. The quantitative estimate of drug-likeness (QED) is 0.506. The van der Waals surface area contributed by atoms with Crippen LogP contribution in [0.15, 0.2) is 0 Å². The molecule has 2 rings (SSSR count). The van der Waals surface area contributed by atoms with Crippen LogP contribution in [-0.2, 0) is 19.1 Å².